The maximum absolute atomic E-state index is 15.6. The average Bonchev–Trinajstić information content (AvgIpc) is 2.92. The van der Waals surface area contributed by atoms with E-state index in [-0.39, 0.29) is 47.5 Å². The van der Waals surface area contributed by atoms with E-state index in [9.17, 15) is 45.5 Å². The minimum atomic E-state index is -6.33. The van der Waals surface area contributed by atoms with Crippen LogP contribution in [0.4, 0.5) is 46.5 Å². The lowest BCUT2D eigenvalue weighted by Crippen LogP contribution is -2.50. The SMILES string of the molecule is CCc1cc(C(F)(C(F)(F)F)C(F)(F)F)cc(CC)c1NC(=O)c1cccc(N(CC)C(=O)c2cc[n+]([O-])cc2)c1F. The number of alkyl halides is 7. The first-order chi connectivity index (χ1) is 19.5. The molecule has 3 aromatic rings. The summed E-state index contributed by atoms with van der Waals surface area (Å²) in [7, 11) is 0. The molecule has 6 nitrogen and oxygen atoms in total. The van der Waals surface area contributed by atoms with Crippen LogP contribution < -0.4 is 14.9 Å². The van der Waals surface area contributed by atoms with E-state index in [0.717, 1.165) is 23.4 Å². The van der Waals surface area contributed by atoms with E-state index in [2.05, 4.69) is 5.32 Å². The number of aromatic nitrogens is 1. The number of hydrogen-bond acceptors (Lipinski definition) is 3. The Morgan fingerprint density at radius 2 is 1.40 bits per heavy atom. The Kier molecular flexibility index (Phi) is 9.18. The highest BCUT2D eigenvalue weighted by atomic mass is 19.4. The minimum absolute atomic E-state index is 0.0437. The number of nitrogens with zero attached hydrogens (tertiary/aromatic N) is 2. The molecule has 0 bridgehead atoms. The Labute approximate surface area is 235 Å². The average molecular weight is 604 g/mol. The molecule has 2 aromatic carbocycles. The van der Waals surface area contributed by atoms with Gasteiger partial charge < -0.3 is 15.4 Å². The van der Waals surface area contributed by atoms with E-state index < -0.39 is 46.8 Å². The molecular weight excluding hydrogens is 578 g/mol. The van der Waals surface area contributed by atoms with Crippen molar-refractivity contribution in [2.75, 3.05) is 16.8 Å². The summed E-state index contributed by atoms with van der Waals surface area (Å²) in [5, 5.41) is 13.6. The van der Waals surface area contributed by atoms with Gasteiger partial charge in [-0.3, -0.25) is 9.59 Å². The number of carbonyl (C=O) groups is 2. The topological polar surface area (TPSA) is 76.4 Å². The quantitative estimate of drug-likeness (QED) is 0.175. The lowest BCUT2D eigenvalue weighted by molar-refractivity contribution is -0.605. The van der Waals surface area contributed by atoms with Gasteiger partial charge in [-0.15, -0.1) is 0 Å². The fourth-order valence-electron chi connectivity index (χ4n) is 4.39. The first-order valence-corrected chi connectivity index (χ1v) is 12.6. The molecule has 0 spiro atoms. The summed E-state index contributed by atoms with van der Waals surface area (Å²) in [6.45, 7) is 4.24. The predicted molar refractivity (Wildman–Crippen MR) is 137 cm³/mol. The summed E-state index contributed by atoms with van der Waals surface area (Å²) in [5.74, 6) is -2.93. The van der Waals surface area contributed by atoms with Crippen LogP contribution in [0.15, 0.2) is 54.9 Å². The second kappa shape index (κ2) is 11.9. The van der Waals surface area contributed by atoms with Gasteiger partial charge in [0.05, 0.1) is 16.8 Å². The normalized spacial score (nSPS) is 12.3. The molecule has 226 valence electrons. The number of pyridine rings is 1. The molecule has 0 aliphatic carbocycles. The summed E-state index contributed by atoms with van der Waals surface area (Å²) >= 11 is 0. The number of halogens is 8. The van der Waals surface area contributed by atoms with E-state index in [1.807, 2.05) is 0 Å². The Morgan fingerprint density at radius 3 is 1.86 bits per heavy atom. The van der Waals surface area contributed by atoms with Gasteiger partial charge in [-0.1, -0.05) is 19.9 Å². The third kappa shape index (κ3) is 5.88. The highest BCUT2D eigenvalue weighted by Gasteiger charge is 2.73. The van der Waals surface area contributed by atoms with Gasteiger partial charge in [-0.05, 0) is 55.2 Å². The van der Waals surface area contributed by atoms with Gasteiger partial charge in [0.1, 0.15) is 0 Å². The van der Waals surface area contributed by atoms with Crippen molar-refractivity contribution in [3.05, 3.63) is 93.7 Å². The largest absolute Gasteiger partial charge is 0.619 e. The number of rotatable bonds is 8. The fourth-order valence-corrected chi connectivity index (χ4v) is 4.39. The molecular formula is C28H25F8N3O3. The highest BCUT2D eigenvalue weighted by molar-refractivity contribution is 6.09. The highest BCUT2D eigenvalue weighted by Crippen LogP contribution is 2.54. The molecule has 0 fully saturated rings. The van der Waals surface area contributed by atoms with Gasteiger partial charge in [0, 0.05) is 29.9 Å². The van der Waals surface area contributed by atoms with E-state index in [1.54, 1.807) is 0 Å². The molecule has 0 aliphatic rings. The lowest BCUT2D eigenvalue weighted by Gasteiger charge is -2.31. The Hall–Kier alpha value is -4.23. The zero-order valence-corrected chi connectivity index (χ0v) is 22.5. The zero-order valence-electron chi connectivity index (χ0n) is 22.5. The number of carbonyl (C=O) groups excluding carboxylic acids is 2. The Bertz CT molecular complexity index is 1430. The zero-order chi connectivity index (χ0) is 31.6. The summed E-state index contributed by atoms with van der Waals surface area (Å²) in [6.07, 6.45) is -10.9. The molecule has 1 heterocycles. The number of nitrogens with one attached hydrogen (secondary N) is 1. The molecule has 1 aromatic heterocycles. The summed E-state index contributed by atoms with van der Waals surface area (Å²) in [5.41, 5.74) is -8.85. The van der Waals surface area contributed by atoms with Crippen molar-refractivity contribution in [1.82, 2.24) is 0 Å². The van der Waals surface area contributed by atoms with Crippen LogP contribution in [0, 0.1) is 11.0 Å². The van der Waals surface area contributed by atoms with Crippen LogP contribution in [0.25, 0.3) is 0 Å². The van der Waals surface area contributed by atoms with Gasteiger partial charge in [0.25, 0.3) is 11.8 Å². The van der Waals surface area contributed by atoms with Crippen molar-refractivity contribution in [3.63, 3.8) is 0 Å². The molecule has 0 unspecified atom stereocenters. The third-order valence-electron chi connectivity index (χ3n) is 6.61. The molecule has 1 N–H and O–H groups in total. The van der Waals surface area contributed by atoms with E-state index in [0.29, 0.717) is 16.9 Å². The lowest BCUT2D eigenvalue weighted by atomic mass is 9.88. The van der Waals surface area contributed by atoms with Crippen LogP contribution in [-0.2, 0) is 18.5 Å². The minimum Gasteiger partial charge on any atom is -0.619 e. The maximum atomic E-state index is 15.6. The van der Waals surface area contributed by atoms with E-state index in [1.165, 1.54) is 45.0 Å². The third-order valence-corrected chi connectivity index (χ3v) is 6.61. The number of anilines is 2. The van der Waals surface area contributed by atoms with Crippen molar-refractivity contribution in [2.45, 2.75) is 51.6 Å². The van der Waals surface area contributed by atoms with Crippen LogP contribution in [0.3, 0.4) is 0 Å². The number of amides is 2. The number of hydrogen-bond donors (Lipinski definition) is 1. The molecule has 0 saturated heterocycles. The van der Waals surface area contributed by atoms with Crippen LogP contribution >= 0.6 is 0 Å². The number of aryl methyl sites for hydroxylation is 2. The molecule has 0 radical (unpaired) electrons. The van der Waals surface area contributed by atoms with Crippen LogP contribution in [0.2, 0.25) is 0 Å². The van der Waals surface area contributed by atoms with E-state index in [4.69, 9.17) is 0 Å². The van der Waals surface area contributed by atoms with Crippen molar-refractivity contribution in [1.29, 1.82) is 0 Å². The standard InChI is InChI=1S/C28H25F8N3O3/c1-4-16-14-19(26(30,27(31,32)33)28(34,35)36)15-17(5-2)23(16)37-24(40)20-8-7-9-21(22(20)29)39(6-3)25(41)18-10-12-38(42)13-11-18/h7-15H,4-6H2,1-3H3,(H,37,40). The second-order valence-corrected chi connectivity index (χ2v) is 9.12. The molecule has 0 atom stereocenters. The van der Waals surface area contributed by atoms with Crippen LogP contribution in [0.1, 0.15) is 58.2 Å². The second-order valence-electron chi connectivity index (χ2n) is 9.12. The Morgan fingerprint density at radius 1 is 0.881 bits per heavy atom. The molecule has 14 heteroatoms. The van der Waals surface area contributed by atoms with Gasteiger partial charge in [0.2, 0.25) is 0 Å². The maximum Gasteiger partial charge on any atom is 0.435 e. The predicted octanol–water partition coefficient (Wildman–Crippen LogP) is 6.79. The first kappa shape index (κ1) is 32.3. The molecule has 0 aliphatic heterocycles. The van der Waals surface area contributed by atoms with Gasteiger partial charge >= 0.3 is 18.0 Å². The Balaban J connectivity index is 2.05. The fraction of sp³-hybridized carbons (Fsp3) is 0.321. The molecule has 3 rings (SSSR count). The summed E-state index contributed by atoms with van der Waals surface area (Å²) in [4.78, 5) is 27.2. The van der Waals surface area contributed by atoms with Crippen molar-refractivity contribution < 1.29 is 49.4 Å². The van der Waals surface area contributed by atoms with E-state index >= 15 is 4.39 Å². The van der Waals surface area contributed by atoms with Crippen LogP contribution in [0.5, 0.6) is 0 Å². The van der Waals surface area contributed by atoms with Gasteiger partial charge in [0.15, 0.2) is 18.2 Å². The van der Waals surface area contributed by atoms with Gasteiger partial charge in [-0.25, -0.2) is 8.78 Å². The number of benzene rings is 2. The van der Waals surface area contributed by atoms with Crippen molar-refractivity contribution in [2.24, 2.45) is 0 Å². The van der Waals surface area contributed by atoms with Crippen molar-refractivity contribution >= 4 is 23.2 Å². The molecule has 0 saturated carbocycles. The summed E-state index contributed by atoms with van der Waals surface area (Å²) in [6, 6.07) is 6.77. The molecule has 42 heavy (non-hydrogen) atoms. The van der Waals surface area contributed by atoms with Crippen LogP contribution in [-0.4, -0.2) is 30.7 Å². The molecule has 2 amide bonds. The monoisotopic (exact) mass is 603 g/mol. The summed E-state index contributed by atoms with van der Waals surface area (Å²) < 4.78 is 111. The first-order valence-electron chi connectivity index (χ1n) is 12.6. The van der Waals surface area contributed by atoms with Gasteiger partial charge in [-0.2, -0.15) is 31.1 Å². The smallest absolute Gasteiger partial charge is 0.435 e. The van der Waals surface area contributed by atoms with Crippen molar-refractivity contribution in [3.8, 4) is 0 Å².